The summed E-state index contributed by atoms with van der Waals surface area (Å²) in [5.74, 6) is -0.0301. The average molecular weight is 724 g/mol. The zero-order valence-corrected chi connectivity index (χ0v) is 26.8. The van der Waals surface area contributed by atoms with E-state index in [0.29, 0.717) is 12.3 Å². The first-order chi connectivity index (χ1) is 20.4. The van der Waals surface area contributed by atoms with Crippen LogP contribution in [-0.4, -0.2) is 22.0 Å². The van der Waals surface area contributed by atoms with Crippen molar-refractivity contribution in [2.75, 3.05) is 4.90 Å². The molecule has 1 N–H and O–H groups in total. The first kappa shape index (κ1) is 26.9. The molecule has 1 aromatic heterocycles. The third-order valence-electron chi connectivity index (χ3n) is 9.35. The van der Waals surface area contributed by atoms with Gasteiger partial charge in [-0.25, -0.2) is 0 Å². The zero-order chi connectivity index (χ0) is 28.7. The van der Waals surface area contributed by atoms with E-state index in [0.717, 1.165) is 42.1 Å². The Kier molecular flexibility index (Phi) is 6.55. The lowest BCUT2D eigenvalue weighted by molar-refractivity contribution is -0.123. The number of carbonyl (C=O) groups excluding carboxylic acids is 2. The Bertz CT molecular complexity index is 1790. The zero-order valence-electron chi connectivity index (χ0n) is 22.0. The van der Waals surface area contributed by atoms with Crippen LogP contribution < -0.4 is 14.5 Å². The molecular formula is C32H24Br2N2O4S2. The monoisotopic (exact) mass is 722 g/mol. The van der Waals surface area contributed by atoms with Crippen molar-refractivity contribution < 1.29 is 14.3 Å². The van der Waals surface area contributed by atoms with E-state index >= 15 is 0 Å². The van der Waals surface area contributed by atoms with Gasteiger partial charge in [0.1, 0.15) is 12.4 Å². The largest absolute Gasteiger partial charge is 0.489 e. The summed E-state index contributed by atoms with van der Waals surface area (Å²) in [6.45, 7) is 0.424. The highest BCUT2D eigenvalue weighted by Crippen LogP contribution is 2.69. The molecule has 8 rings (SSSR count). The average Bonchev–Trinajstić information content (AvgIpc) is 3.72. The van der Waals surface area contributed by atoms with Crippen molar-refractivity contribution in [3.63, 3.8) is 0 Å². The van der Waals surface area contributed by atoms with Gasteiger partial charge in [-0.15, -0.1) is 11.8 Å². The third kappa shape index (κ3) is 4.12. The number of aromatic amines is 1. The van der Waals surface area contributed by atoms with Crippen LogP contribution in [0.25, 0.3) is 0 Å². The molecule has 212 valence electrons. The molecule has 2 aliphatic heterocycles. The molecule has 42 heavy (non-hydrogen) atoms. The highest BCUT2D eigenvalue weighted by molar-refractivity contribution is 9.10. The second-order valence-corrected chi connectivity index (χ2v) is 15.4. The number of rotatable bonds is 5. The highest BCUT2D eigenvalue weighted by atomic mass is 79.9. The Morgan fingerprint density at radius 1 is 0.881 bits per heavy atom. The molecule has 3 heterocycles. The number of aromatic nitrogens is 1. The van der Waals surface area contributed by atoms with Crippen LogP contribution in [0.4, 0.5) is 5.69 Å². The van der Waals surface area contributed by atoms with Gasteiger partial charge >= 0.3 is 4.87 Å². The lowest BCUT2D eigenvalue weighted by atomic mass is 9.68. The molecule has 2 amide bonds. The fraction of sp³-hybridized carbons (Fsp3) is 0.281. The van der Waals surface area contributed by atoms with Crippen molar-refractivity contribution in [2.45, 2.75) is 29.2 Å². The van der Waals surface area contributed by atoms with Crippen LogP contribution in [0.3, 0.4) is 0 Å². The second kappa shape index (κ2) is 10.2. The molecule has 1 saturated heterocycles. The lowest BCUT2D eigenvalue weighted by Crippen LogP contribution is -2.42. The number of fused-ring (bicyclic) bond motifs is 9. The Labute approximate surface area is 267 Å². The van der Waals surface area contributed by atoms with Gasteiger partial charge in [0, 0.05) is 30.6 Å². The number of H-pyrrole nitrogens is 1. The molecule has 5 unspecified atom stereocenters. The molecule has 3 aromatic carbocycles. The van der Waals surface area contributed by atoms with E-state index in [1.807, 2.05) is 66.7 Å². The van der Waals surface area contributed by atoms with Crippen LogP contribution in [0.15, 0.2) is 91.6 Å². The van der Waals surface area contributed by atoms with E-state index < -0.39 is 0 Å². The first-order valence-corrected chi connectivity index (χ1v) is 17.2. The Morgan fingerprint density at radius 3 is 2.36 bits per heavy atom. The van der Waals surface area contributed by atoms with Crippen molar-refractivity contribution >= 4 is 72.5 Å². The molecule has 2 bridgehead atoms. The summed E-state index contributed by atoms with van der Waals surface area (Å²) < 4.78 is 8.27. The maximum Gasteiger partial charge on any atom is 0.305 e. The molecule has 7 atom stereocenters. The summed E-state index contributed by atoms with van der Waals surface area (Å²) in [7, 11) is 0. The van der Waals surface area contributed by atoms with E-state index in [1.165, 1.54) is 16.2 Å². The van der Waals surface area contributed by atoms with E-state index in [4.69, 9.17) is 4.74 Å². The predicted octanol–water partition coefficient (Wildman–Crippen LogP) is 7.22. The molecule has 2 saturated carbocycles. The summed E-state index contributed by atoms with van der Waals surface area (Å²) in [4.78, 5) is 46.0. The molecule has 4 aromatic rings. The van der Waals surface area contributed by atoms with Crippen LogP contribution >= 0.6 is 55.0 Å². The molecule has 0 radical (unpaired) electrons. The summed E-state index contributed by atoms with van der Waals surface area (Å²) >= 11 is 10.1. The van der Waals surface area contributed by atoms with Gasteiger partial charge in [-0.1, -0.05) is 73.5 Å². The lowest BCUT2D eigenvalue weighted by Gasteiger charge is -2.43. The van der Waals surface area contributed by atoms with Crippen molar-refractivity contribution in [1.29, 1.82) is 0 Å². The van der Waals surface area contributed by atoms with Gasteiger partial charge in [-0.3, -0.25) is 19.3 Å². The van der Waals surface area contributed by atoms with Crippen molar-refractivity contribution in [2.24, 2.45) is 29.6 Å². The van der Waals surface area contributed by atoms with Crippen LogP contribution in [0, 0.1) is 29.6 Å². The Hall–Kier alpha value is -2.66. The minimum atomic E-state index is -0.353. The van der Waals surface area contributed by atoms with Crippen molar-refractivity contribution in [3.8, 4) is 5.75 Å². The van der Waals surface area contributed by atoms with Crippen LogP contribution in [0.2, 0.25) is 0 Å². The predicted molar refractivity (Wildman–Crippen MR) is 170 cm³/mol. The summed E-state index contributed by atoms with van der Waals surface area (Å²) in [5.41, 5.74) is 2.71. The number of anilines is 1. The number of amides is 2. The fourth-order valence-electron chi connectivity index (χ4n) is 7.84. The van der Waals surface area contributed by atoms with Gasteiger partial charge < -0.3 is 9.72 Å². The normalized spacial score (nSPS) is 29.0. The van der Waals surface area contributed by atoms with Crippen LogP contribution in [0.1, 0.15) is 28.3 Å². The van der Waals surface area contributed by atoms with Gasteiger partial charge in [0.05, 0.1) is 22.5 Å². The van der Waals surface area contributed by atoms with Crippen LogP contribution in [0.5, 0.6) is 5.75 Å². The fourth-order valence-corrected chi connectivity index (χ4v) is 11.4. The number of hydrogen-bond donors (Lipinski definition) is 1. The van der Waals surface area contributed by atoms with E-state index in [1.54, 1.807) is 11.8 Å². The molecule has 2 aliphatic carbocycles. The van der Waals surface area contributed by atoms with E-state index in [-0.39, 0.29) is 57.4 Å². The van der Waals surface area contributed by atoms with Gasteiger partial charge in [0.15, 0.2) is 0 Å². The Balaban J connectivity index is 1.21. The maximum absolute atomic E-state index is 14.0. The number of hydrogen-bond acceptors (Lipinski definition) is 6. The number of ether oxygens (including phenoxy) is 1. The van der Waals surface area contributed by atoms with E-state index in [9.17, 15) is 14.4 Å². The number of imide groups is 1. The molecule has 10 heteroatoms. The number of nitrogens with one attached hydrogen (secondary N) is 1. The first-order valence-electron chi connectivity index (χ1n) is 13.9. The summed E-state index contributed by atoms with van der Waals surface area (Å²) in [5, 5.41) is 0.998. The number of carbonyl (C=O) groups is 2. The number of thiazole rings is 1. The SMILES string of the molecule is O=C1C2C(C(=O)N1c1ccc(Br)cc1)[C@@H]1C[C@H]2C2Sc3[nH]c(=O)sc3C(c3cc(Br)ccc3OCc3ccccc3)C21. The topological polar surface area (TPSA) is 79.5 Å². The minimum absolute atomic E-state index is 0.0331. The maximum atomic E-state index is 14.0. The van der Waals surface area contributed by atoms with Gasteiger partial charge in [-0.05, 0) is 72.2 Å². The van der Waals surface area contributed by atoms with Gasteiger partial charge in [0.25, 0.3) is 0 Å². The van der Waals surface area contributed by atoms with Gasteiger partial charge in [0.2, 0.25) is 11.8 Å². The summed E-state index contributed by atoms with van der Waals surface area (Å²) in [6.07, 6.45) is 0.840. The molecular weight excluding hydrogens is 700 g/mol. The number of benzene rings is 3. The summed E-state index contributed by atoms with van der Waals surface area (Å²) in [6, 6.07) is 23.5. The highest BCUT2D eigenvalue weighted by Gasteiger charge is 2.69. The molecule has 0 spiro atoms. The Morgan fingerprint density at radius 2 is 1.60 bits per heavy atom. The molecule has 3 fully saturated rings. The molecule has 6 nitrogen and oxygen atoms in total. The molecule has 4 aliphatic rings. The smallest absolute Gasteiger partial charge is 0.305 e. The minimum Gasteiger partial charge on any atom is -0.489 e. The third-order valence-corrected chi connectivity index (χ3v) is 13.0. The quantitative estimate of drug-likeness (QED) is 0.220. The number of nitrogens with zero attached hydrogens (tertiary/aromatic N) is 1. The second-order valence-electron chi connectivity index (χ2n) is 11.4. The number of thioether (sulfide) groups is 1. The van der Waals surface area contributed by atoms with Crippen molar-refractivity contribution in [1.82, 2.24) is 4.98 Å². The standard InChI is InChI=1S/C32H24Br2N2O4S2/c33-16-6-9-18(10-7-16)36-30(37)25-20-13-21(26(25)31(36)38)27-24(20)23(28-29(41-27)35-32(39)42-28)19-12-17(34)8-11-22(19)40-14-15-4-2-1-3-5-15/h1-12,20-21,23-27H,13-14H2,(H,35,39)/t20-,21-,23?,24?,25?,26?,27?/m1/s1. The van der Waals surface area contributed by atoms with Crippen molar-refractivity contribution in [3.05, 3.63) is 107 Å². The van der Waals surface area contributed by atoms with E-state index in [2.05, 4.69) is 42.9 Å². The number of halogens is 2. The van der Waals surface area contributed by atoms with Crippen LogP contribution in [-0.2, 0) is 16.2 Å². The van der Waals surface area contributed by atoms with Gasteiger partial charge in [-0.2, -0.15) is 0 Å².